The molecule has 0 amide bonds. The van der Waals surface area contributed by atoms with Gasteiger partial charge in [0, 0.05) is 12.6 Å². The van der Waals surface area contributed by atoms with Gasteiger partial charge in [0.1, 0.15) is 0 Å². The Balaban J connectivity index is 2.26. The minimum atomic E-state index is -3.38. The van der Waals surface area contributed by atoms with Crippen molar-refractivity contribution in [3.05, 3.63) is 37.3 Å². The second kappa shape index (κ2) is 5.85. The van der Waals surface area contributed by atoms with Crippen LogP contribution in [0.3, 0.4) is 0 Å². The summed E-state index contributed by atoms with van der Waals surface area (Å²) in [5, 5.41) is 0. The highest BCUT2D eigenvalue weighted by atomic mass is 32.2. The van der Waals surface area contributed by atoms with Crippen molar-refractivity contribution in [1.82, 2.24) is 4.31 Å². The molecule has 0 spiro atoms. The Morgan fingerprint density at radius 2 is 1.72 bits per heavy atom. The Labute approximate surface area is 110 Å². The lowest BCUT2D eigenvalue weighted by molar-refractivity contribution is 0.268. The number of sulfonamides is 1. The van der Waals surface area contributed by atoms with Crippen LogP contribution in [-0.4, -0.2) is 25.3 Å². The van der Waals surface area contributed by atoms with Gasteiger partial charge in [0.05, 0.1) is 4.90 Å². The van der Waals surface area contributed by atoms with E-state index >= 15 is 0 Å². The van der Waals surface area contributed by atoms with Crippen molar-refractivity contribution in [3.63, 3.8) is 0 Å². The number of nitrogens with zero attached hydrogens (tertiary/aromatic N) is 1. The quantitative estimate of drug-likeness (QED) is 0.840. The van der Waals surface area contributed by atoms with Gasteiger partial charge in [0.2, 0.25) is 10.0 Å². The number of benzene rings is 1. The summed E-state index contributed by atoms with van der Waals surface area (Å²) < 4.78 is 26.7. The molecule has 2 rings (SSSR count). The molecule has 99 valence electrons. The SMILES string of the molecule is [CH2]CN(C1CCCCC1)S(=O)(=O)c1ccccc1. The predicted octanol–water partition coefficient (Wildman–Crippen LogP) is 2.84. The summed E-state index contributed by atoms with van der Waals surface area (Å²) in [7, 11) is -3.38. The molecular weight excluding hydrogens is 246 g/mol. The molecule has 1 aromatic rings. The zero-order chi connectivity index (χ0) is 13.0. The Bertz CT molecular complexity index is 464. The van der Waals surface area contributed by atoms with E-state index in [4.69, 9.17) is 0 Å². The van der Waals surface area contributed by atoms with Gasteiger partial charge < -0.3 is 0 Å². The number of rotatable bonds is 4. The number of hydrogen-bond acceptors (Lipinski definition) is 2. The first kappa shape index (κ1) is 13.6. The van der Waals surface area contributed by atoms with Crippen LogP contribution in [0.2, 0.25) is 0 Å². The maximum Gasteiger partial charge on any atom is 0.243 e. The molecule has 1 aliphatic rings. The molecular formula is C14H20NO2S. The summed E-state index contributed by atoms with van der Waals surface area (Å²) in [6.07, 6.45) is 5.37. The van der Waals surface area contributed by atoms with Crippen molar-refractivity contribution in [1.29, 1.82) is 0 Å². The summed E-state index contributed by atoms with van der Waals surface area (Å²) >= 11 is 0. The van der Waals surface area contributed by atoms with Crippen molar-refractivity contribution in [2.75, 3.05) is 6.54 Å². The van der Waals surface area contributed by atoms with E-state index in [1.165, 1.54) is 6.42 Å². The second-order valence-corrected chi connectivity index (χ2v) is 6.61. The van der Waals surface area contributed by atoms with Gasteiger partial charge in [-0.25, -0.2) is 8.42 Å². The van der Waals surface area contributed by atoms with E-state index in [1.807, 2.05) is 6.07 Å². The van der Waals surface area contributed by atoms with Gasteiger partial charge in [-0.15, -0.1) is 0 Å². The summed E-state index contributed by atoms with van der Waals surface area (Å²) in [5.41, 5.74) is 0. The lowest BCUT2D eigenvalue weighted by Crippen LogP contribution is -2.41. The van der Waals surface area contributed by atoms with Gasteiger partial charge in [0.25, 0.3) is 0 Å². The predicted molar refractivity (Wildman–Crippen MR) is 72.6 cm³/mol. The molecule has 0 atom stereocenters. The van der Waals surface area contributed by atoms with Gasteiger partial charge in [-0.1, -0.05) is 37.5 Å². The average molecular weight is 266 g/mol. The van der Waals surface area contributed by atoms with E-state index in [0.29, 0.717) is 11.4 Å². The topological polar surface area (TPSA) is 37.4 Å². The minimum absolute atomic E-state index is 0.126. The smallest absolute Gasteiger partial charge is 0.207 e. The molecule has 0 N–H and O–H groups in total. The standard InChI is InChI=1S/C14H20NO2S/c1-2-15(13-9-5-3-6-10-13)18(16,17)14-11-7-4-8-12-14/h4,7-8,11-13H,1-3,5-6,9-10H2. The minimum Gasteiger partial charge on any atom is -0.207 e. The van der Waals surface area contributed by atoms with Crippen LogP contribution in [-0.2, 0) is 10.0 Å². The van der Waals surface area contributed by atoms with E-state index in [0.717, 1.165) is 25.7 Å². The van der Waals surface area contributed by atoms with E-state index in [9.17, 15) is 8.42 Å². The molecule has 1 aromatic carbocycles. The summed E-state index contributed by atoms with van der Waals surface area (Å²) in [4.78, 5) is 0.374. The van der Waals surface area contributed by atoms with Crippen molar-refractivity contribution < 1.29 is 8.42 Å². The van der Waals surface area contributed by atoms with Crippen molar-refractivity contribution in [3.8, 4) is 0 Å². The zero-order valence-electron chi connectivity index (χ0n) is 10.6. The highest BCUT2D eigenvalue weighted by Gasteiger charge is 2.30. The van der Waals surface area contributed by atoms with Crippen LogP contribution in [0.25, 0.3) is 0 Å². The van der Waals surface area contributed by atoms with Crippen molar-refractivity contribution in [2.24, 2.45) is 0 Å². The van der Waals surface area contributed by atoms with Crippen LogP contribution in [0.4, 0.5) is 0 Å². The van der Waals surface area contributed by atoms with E-state index in [1.54, 1.807) is 28.6 Å². The molecule has 0 unspecified atom stereocenters. The van der Waals surface area contributed by atoms with Crippen molar-refractivity contribution >= 4 is 10.0 Å². The molecule has 0 bridgehead atoms. The first-order valence-corrected chi connectivity index (χ1v) is 7.96. The van der Waals surface area contributed by atoms with Crippen LogP contribution in [0.1, 0.15) is 32.1 Å². The highest BCUT2D eigenvalue weighted by Crippen LogP contribution is 2.27. The van der Waals surface area contributed by atoms with Crippen LogP contribution < -0.4 is 0 Å². The van der Waals surface area contributed by atoms with Crippen molar-refractivity contribution in [2.45, 2.75) is 43.0 Å². The monoisotopic (exact) mass is 266 g/mol. The van der Waals surface area contributed by atoms with Gasteiger partial charge in [-0.05, 0) is 31.9 Å². The maximum atomic E-state index is 12.5. The lowest BCUT2D eigenvalue weighted by atomic mass is 9.95. The fourth-order valence-electron chi connectivity index (χ4n) is 2.60. The summed E-state index contributed by atoms with van der Waals surface area (Å²) in [6.45, 7) is 4.11. The fraction of sp³-hybridized carbons (Fsp3) is 0.500. The molecule has 4 heteroatoms. The lowest BCUT2D eigenvalue weighted by Gasteiger charge is -2.32. The first-order valence-electron chi connectivity index (χ1n) is 6.52. The van der Waals surface area contributed by atoms with Gasteiger partial charge in [-0.3, -0.25) is 0 Å². The molecule has 1 radical (unpaired) electrons. The van der Waals surface area contributed by atoms with Crippen LogP contribution in [0.5, 0.6) is 0 Å². The number of hydrogen-bond donors (Lipinski definition) is 0. The molecule has 1 fully saturated rings. The normalized spacial score (nSPS) is 18.1. The molecule has 0 aromatic heterocycles. The Kier molecular flexibility index (Phi) is 4.40. The molecule has 0 saturated heterocycles. The largest absolute Gasteiger partial charge is 0.243 e. The third kappa shape index (κ3) is 2.75. The zero-order valence-corrected chi connectivity index (χ0v) is 11.4. The summed E-state index contributed by atoms with van der Waals surface area (Å²) in [6, 6.07) is 8.78. The molecule has 1 aliphatic carbocycles. The molecule has 0 heterocycles. The molecule has 18 heavy (non-hydrogen) atoms. The van der Waals surface area contributed by atoms with E-state index in [2.05, 4.69) is 6.92 Å². The third-order valence-electron chi connectivity index (χ3n) is 3.55. The Morgan fingerprint density at radius 3 is 2.28 bits per heavy atom. The molecule has 0 aliphatic heterocycles. The third-order valence-corrected chi connectivity index (χ3v) is 5.52. The fourth-order valence-corrected chi connectivity index (χ4v) is 4.21. The van der Waals surface area contributed by atoms with Gasteiger partial charge in [-0.2, -0.15) is 4.31 Å². The van der Waals surface area contributed by atoms with Crippen LogP contribution >= 0.6 is 0 Å². The maximum absolute atomic E-state index is 12.5. The molecule has 3 nitrogen and oxygen atoms in total. The van der Waals surface area contributed by atoms with Gasteiger partial charge in [0.15, 0.2) is 0 Å². The molecule has 1 saturated carbocycles. The Morgan fingerprint density at radius 1 is 1.11 bits per heavy atom. The second-order valence-electron chi connectivity index (χ2n) is 4.72. The Hall–Kier alpha value is -0.870. The average Bonchev–Trinajstić information content (AvgIpc) is 2.41. The highest BCUT2D eigenvalue weighted by molar-refractivity contribution is 7.89. The van der Waals surface area contributed by atoms with E-state index in [-0.39, 0.29) is 6.04 Å². The first-order chi connectivity index (χ1) is 8.66. The van der Waals surface area contributed by atoms with Gasteiger partial charge >= 0.3 is 0 Å². The van der Waals surface area contributed by atoms with E-state index < -0.39 is 10.0 Å². The van der Waals surface area contributed by atoms with Crippen LogP contribution in [0.15, 0.2) is 35.2 Å². The van der Waals surface area contributed by atoms with Crippen LogP contribution in [0, 0.1) is 6.92 Å². The summed E-state index contributed by atoms with van der Waals surface area (Å²) in [5.74, 6) is 0.